The molecule has 0 saturated heterocycles. The highest BCUT2D eigenvalue weighted by molar-refractivity contribution is 9.10. The SMILES string of the molecule is C=CCOC(=O)C1C(C)=NC2=C(C(=O)CCC2)[C@H]1c1cc(OC)c(OC)cc1Br. The van der Waals surface area contributed by atoms with Gasteiger partial charge in [-0.25, -0.2) is 0 Å². The van der Waals surface area contributed by atoms with Crippen LogP contribution in [0.2, 0.25) is 0 Å². The number of halogens is 1. The monoisotopic (exact) mass is 461 g/mol. The number of carbonyl (C=O) groups excluding carboxylic acids is 2. The van der Waals surface area contributed by atoms with E-state index < -0.39 is 17.8 Å². The zero-order chi connectivity index (χ0) is 21.1. The molecule has 0 N–H and O–H groups in total. The van der Waals surface area contributed by atoms with Gasteiger partial charge in [-0.3, -0.25) is 14.6 Å². The predicted octanol–water partition coefficient (Wildman–Crippen LogP) is 4.38. The van der Waals surface area contributed by atoms with Crippen LogP contribution in [0.25, 0.3) is 0 Å². The zero-order valence-electron chi connectivity index (χ0n) is 16.8. The number of benzene rings is 1. The van der Waals surface area contributed by atoms with Crippen molar-refractivity contribution in [1.29, 1.82) is 0 Å². The summed E-state index contributed by atoms with van der Waals surface area (Å²) in [6, 6.07) is 3.60. The smallest absolute Gasteiger partial charge is 0.315 e. The summed E-state index contributed by atoms with van der Waals surface area (Å²) >= 11 is 3.59. The first-order valence-electron chi connectivity index (χ1n) is 9.43. The molecule has 0 amide bonds. The Kier molecular flexibility index (Phi) is 6.57. The highest BCUT2D eigenvalue weighted by Gasteiger charge is 2.44. The van der Waals surface area contributed by atoms with Crippen LogP contribution in [-0.2, 0) is 14.3 Å². The Morgan fingerprint density at radius 2 is 1.97 bits per heavy atom. The number of aliphatic imine (C=N–C) groups is 1. The first kappa shape index (κ1) is 21.3. The van der Waals surface area contributed by atoms with Crippen molar-refractivity contribution in [3.8, 4) is 11.5 Å². The van der Waals surface area contributed by atoms with E-state index in [-0.39, 0.29) is 12.4 Å². The predicted molar refractivity (Wildman–Crippen MR) is 114 cm³/mol. The van der Waals surface area contributed by atoms with Gasteiger partial charge >= 0.3 is 5.97 Å². The van der Waals surface area contributed by atoms with E-state index in [2.05, 4.69) is 27.5 Å². The Morgan fingerprint density at radius 3 is 2.62 bits per heavy atom. The number of Topliss-reactive ketones (excluding diaryl/α,β-unsaturated/α-hetero) is 1. The summed E-state index contributed by atoms with van der Waals surface area (Å²) < 4.78 is 16.9. The second-order valence-corrected chi connectivity index (χ2v) is 7.85. The molecule has 1 aliphatic carbocycles. The normalized spacial score (nSPS) is 21.2. The maximum atomic E-state index is 13.0. The van der Waals surface area contributed by atoms with Gasteiger partial charge in [0.25, 0.3) is 0 Å². The molecule has 2 aliphatic rings. The van der Waals surface area contributed by atoms with Gasteiger partial charge in [-0.2, -0.15) is 0 Å². The fourth-order valence-corrected chi connectivity index (χ4v) is 4.56. The van der Waals surface area contributed by atoms with E-state index in [0.29, 0.717) is 35.6 Å². The standard InChI is InChI=1S/C22H24BrNO5/c1-5-9-29-22(26)19-12(2)24-15-7-6-8-16(25)21(15)20(19)13-10-17(27-3)18(28-4)11-14(13)23/h5,10-11,19-20H,1,6-9H2,2-4H3/t19?,20-/m0/s1. The van der Waals surface area contributed by atoms with Crippen molar-refractivity contribution >= 4 is 33.4 Å². The Hall–Kier alpha value is -2.41. The Morgan fingerprint density at radius 1 is 1.28 bits per heavy atom. The van der Waals surface area contributed by atoms with E-state index >= 15 is 0 Å². The average molecular weight is 462 g/mol. The van der Waals surface area contributed by atoms with Crippen LogP contribution in [0, 0.1) is 5.92 Å². The first-order chi connectivity index (χ1) is 13.9. The van der Waals surface area contributed by atoms with Gasteiger partial charge in [0.05, 0.1) is 14.2 Å². The molecule has 1 heterocycles. The Bertz CT molecular complexity index is 918. The van der Waals surface area contributed by atoms with E-state index in [0.717, 1.165) is 22.2 Å². The molecule has 2 atom stereocenters. The van der Waals surface area contributed by atoms with E-state index in [4.69, 9.17) is 14.2 Å². The number of hydrogen-bond donors (Lipinski definition) is 0. The number of allylic oxidation sites excluding steroid dienone is 2. The van der Waals surface area contributed by atoms with E-state index in [9.17, 15) is 9.59 Å². The van der Waals surface area contributed by atoms with Crippen LogP contribution in [0.3, 0.4) is 0 Å². The minimum atomic E-state index is -0.704. The second kappa shape index (κ2) is 8.95. The summed E-state index contributed by atoms with van der Waals surface area (Å²) in [5.74, 6) is -0.542. The summed E-state index contributed by atoms with van der Waals surface area (Å²) in [7, 11) is 3.11. The molecule has 154 valence electrons. The van der Waals surface area contributed by atoms with Crippen molar-refractivity contribution in [3.63, 3.8) is 0 Å². The highest BCUT2D eigenvalue weighted by atomic mass is 79.9. The van der Waals surface area contributed by atoms with Crippen LogP contribution >= 0.6 is 15.9 Å². The van der Waals surface area contributed by atoms with Crippen LogP contribution in [-0.4, -0.2) is 38.3 Å². The van der Waals surface area contributed by atoms with Crippen LogP contribution in [0.5, 0.6) is 11.5 Å². The molecule has 6 nitrogen and oxygen atoms in total. The van der Waals surface area contributed by atoms with Gasteiger partial charge in [-0.1, -0.05) is 28.6 Å². The number of carbonyl (C=O) groups is 2. The highest BCUT2D eigenvalue weighted by Crippen LogP contribution is 2.47. The minimum absolute atomic E-state index is 0.0238. The first-order valence-corrected chi connectivity index (χ1v) is 10.2. The third-order valence-electron chi connectivity index (χ3n) is 5.27. The third-order valence-corrected chi connectivity index (χ3v) is 5.96. The zero-order valence-corrected chi connectivity index (χ0v) is 18.4. The van der Waals surface area contributed by atoms with Gasteiger partial charge < -0.3 is 14.2 Å². The summed E-state index contributed by atoms with van der Waals surface area (Å²) in [4.78, 5) is 30.5. The van der Waals surface area contributed by atoms with Gasteiger partial charge in [0.2, 0.25) is 0 Å². The number of esters is 1. The molecule has 7 heteroatoms. The number of ether oxygens (including phenoxy) is 3. The molecule has 0 bridgehead atoms. The number of methoxy groups -OCH3 is 2. The van der Waals surface area contributed by atoms with Crippen molar-refractivity contribution in [2.24, 2.45) is 10.9 Å². The quantitative estimate of drug-likeness (QED) is 0.464. The maximum absolute atomic E-state index is 13.0. The van der Waals surface area contributed by atoms with Gasteiger partial charge in [-0.15, -0.1) is 0 Å². The molecular weight excluding hydrogens is 438 g/mol. The molecule has 1 unspecified atom stereocenters. The van der Waals surface area contributed by atoms with Gasteiger partial charge in [0.15, 0.2) is 17.3 Å². The fraction of sp³-hybridized carbons (Fsp3) is 0.409. The summed E-state index contributed by atoms with van der Waals surface area (Å²) in [5, 5.41) is 0. The van der Waals surface area contributed by atoms with Crippen LogP contribution < -0.4 is 9.47 Å². The van der Waals surface area contributed by atoms with Crippen LogP contribution in [0.1, 0.15) is 37.7 Å². The molecule has 1 aliphatic heterocycles. The Balaban J connectivity index is 2.20. The van der Waals surface area contributed by atoms with Crippen LogP contribution in [0.15, 0.2) is 45.5 Å². The molecule has 0 saturated carbocycles. The lowest BCUT2D eigenvalue weighted by molar-refractivity contribution is -0.145. The van der Waals surface area contributed by atoms with Gasteiger partial charge in [0, 0.05) is 33.8 Å². The lowest BCUT2D eigenvalue weighted by Gasteiger charge is -2.35. The molecule has 0 radical (unpaired) electrons. The number of rotatable bonds is 6. The summed E-state index contributed by atoms with van der Waals surface area (Å²) in [5.41, 5.74) is 2.76. The van der Waals surface area contributed by atoms with E-state index in [1.54, 1.807) is 20.3 Å². The number of nitrogens with zero attached hydrogens (tertiary/aromatic N) is 1. The Labute approximate surface area is 178 Å². The lowest BCUT2D eigenvalue weighted by Crippen LogP contribution is -2.37. The molecule has 3 rings (SSSR count). The van der Waals surface area contributed by atoms with Crippen molar-refractivity contribution in [3.05, 3.63) is 46.1 Å². The van der Waals surface area contributed by atoms with Gasteiger partial charge in [0.1, 0.15) is 12.5 Å². The van der Waals surface area contributed by atoms with Gasteiger partial charge in [-0.05, 0) is 37.5 Å². The summed E-state index contributed by atoms with van der Waals surface area (Å²) in [6.07, 6.45) is 3.45. The molecule has 29 heavy (non-hydrogen) atoms. The number of ketones is 1. The molecule has 0 aromatic heterocycles. The van der Waals surface area contributed by atoms with E-state index in [1.807, 2.05) is 13.0 Å². The maximum Gasteiger partial charge on any atom is 0.315 e. The average Bonchev–Trinajstić information content (AvgIpc) is 2.71. The fourth-order valence-electron chi connectivity index (χ4n) is 3.99. The van der Waals surface area contributed by atoms with Crippen LogP contribution in [0.4, 0.5) is 0 Å². The molecular formula is C22H24BrNO5. The van der Waals surface area contributed by atoms with Crippen molar-refractivity contribution in [2.75, 3.05) is 20.8 Å². The number of hydrogen-bond acceptors (Lipinski definition) is 6. The van der Waals surface area contributed by atoms with Crippen molar-refractivity contribution in [1.82, 2.24) is 0 Å². The minimum Gasteiger partial charge on any atom is -0.493 e. The molecule has 0 spiro atoms. The largest absolute Gasteiger partial charge is 0.493 e. The summed E-state index contributed by atoms with van der Waals surface area (Å²) in [6.45, 7) is 5.51. The van der Waals surface area contributed by atoms with Crippen molar-refractivity contribution < 1.29 is 23.8 Å². The molecule has 1 aromatic carbocycles. The third kappa shape index (κ3) is 4.01. The molecule has 1 aromatic rings. The topological polar surface area (TPSA) is 74.2 Å². The van der Waals surface area contributed by atoms with Crippen molar-refractivity contribution in [2.45, 2.75) is 32.1 Å². The van der Waals surface area contributed by atoms with E-state index in [1.165, 1.54) is 6.08 Å². The molecule has 0 fully saturated rings. The second-order valence-electron chi connectivity index (χ2n) is 6.99. The lowest BCUT2D eigenvalue weighted by atomic mass is 9.71.